The molecule has 3 amide bonds. The first kappa shape index (κ1) is 27.8. The topological polar surface area (TPSA) is 171 Å². The molecule has 10 nitrogen and oxygen atoms in total. The van der Waals surface area contributed by atoms with E-state index in [1.807, 2.05) is 30.3 Å². The fraction of sp³-hybridized carbons (Fsp3) is 0.500. The van der Waals surface area contributed by atoms with Crippen LogP contribution in [0.1, 0.15) is 12.0 Å². The third-order valence-corrected chi connectivity index (χ3v) is 5.50. The van der Waals surface area contributed by atoms with E-state index in [1.54, 1.807) is 6.26 Å². The van der Waals surface area contributed by atoms with Crippen LogP contribution in [0.4, 0.5) is 0 Å². The van der Waals surface area contributed by atoms with E-state index in [2.05, 4.69) is 28.6 Å². The van der Waals surface area contributed by atoms with Crippen LogP contribution in [0.25, 0.3) is 0 Å². The largest absolute Gasteiger partial charge is 0.480 e. The van der Waals surface area contributed by atoms with E-state index in [0.29, 0.717) is 5.75 Å². The molecule has 0 aliphatic carbocycles. The number of nitrogens with one attached hydrogen (secondary N) is 3. The fourth-order valence-electron chi connectivity index (χ4n) is 2.67. The first-order valence-electron chi connectivity index (χ1n) is 9.87. The smallest absolute Gasteiger partial charge is 0.326 e. The molecular weight excluding hydrogens is 456 g/mol. The lowest BCUT2D eigenvalue weighted by molar-refractivity contribution is -0.142. The first-order chi connectivity index (χ1) is 15.2. The highest BCUT2D eigenvalue weighted by atomic mass is 32.2. The number of aliphatic hydroxyl groups is 1. The Hall–Kier alpha value is -2.28. The number of nitrogens with two attached hydrogens (primary N) is 1. The van der Waals surface area contributed by atoms with Crippen molar-refractivity contribution in [3.05, 3.63) is 35.9 Å². The van der Waals surface area contributed by atoms with Crippen molar-refractivity contribution in [3.63, 3.8) is 0 Å². The first-order valence-corrected chi connectivity index (χ1v) is 11.9. The molecule has 1 rings (SSSR count). The summed E-state index contributed by atoms with van der Waals surface area (Å²) in [7, 11) is 0. The van der Waals surface area contributed by atoms with Crippen molar-refractivity contribution in [1.82, 2.24) is 16.0 Å². The van der Waals surface area contributed by atoms with E-state index in [0.717, 1.165) is 5.56 Å². The van der Waals surface area contributed by atoms with Gasteiger partial charge in [0.05, 0.1) is 12.6 Å². The third-order valence-electron chi connectivity index (χ3n) is 4.49. The standard InChI is InChI=1S/C20H30N4O6S2/c1-32-8-7-14(20(29)30)22-18(27)15(10-25)23-19(28)16(11-31)24-17(26)13(21)9-12-5-3-2-4-6-12/h2-6,13-16,25,31H,7-11,21H2,1H3,(H,22,27)(H,23,28)(H,24,26)(H,29,30). The monoisotopic (exact) mass is 486 g/mol. The lowest BCUT2D eigenvalue weighted by atomic mass is 10.1. The lowest BCUT2D eigenvalue weighted by Crippen LogP contribution is -2.58. The minimum atomic E-state index is -1.39. The number of amides is 3. The van der Waals surface area contributed by atoms with Gasteiger partial charge in [-0.15, -0.1) is 0 Å². The summed E-state index contributed by atoms with van der Waals surface area (Å²) >= 11 is 5.48. The molecule has 32 heavy (non-hydrogen) atoms. The second kappa shape index (κ2) is 14.7. The minimum Gasteiger partial charge on any atom is -0.480 e. The van der Waals surface area contributed by atoms with Gasteiger partial charge in [0.15, 0.2) is 0 Å². The van der Waals surface area contributed by atoms with Crippen LogP contribution in [-0.4, -0.2) is 82.4 Å². The van der Waals surface area contributed by atoms with Crippen molar-refractivity contribution in [1.29, 1.82) is 0 Å². The van der Waals surface area contributed by atoms with E-state index in [-0.39, 0.29) is 18.6 Å². The number of thiol groups is 1. The Balaban J connectivity index is 2.68. The van der Waals surface area contributed by atoms with Gasteiger partial charge in [0, 0.05) is 5.75 Å². The number of aliphatic carboxylic acids is 1. The molecule has 4 atom stereocenters. The summed E-state index contributed by atoms with van der Waals surface area (Å²) in [5, 5.41) is 25.8. The number of rotatable bonds is 14. The number of carbonyl (C=O) groups excluding carboxylic acids is 3. The van der Waals surface area contributed by atoms with Gasteiger partial charge in [-0.2, -0.15) is 24.4 Å². The number of carboxylic acids is 1. The highest BCUT2D eigenvalue weighted by Crippen LogP contribution is 2.04. The Morgan fingerprint density at radius 2 is 1.56 bits per heavy atom. The zero-order chi connectivity index (χ0) is 24.1. The van der Waals surface area contributed by atoms with E-state index in [4.69, 9.17) is 5.73 Å². The summed E-state index contributed by atoms with van der Waals surface area (Å²) in [4.78, 5) is 48.6. The van der Waals surface area contributed by atoms with Crippen LogP contribution in [0.2, 0.25) is 0 Å². The Kier molecular flexibility index (Phi) is 12.8. The van der Waals surface area contributed by atoms with Gasteiger partial charge in [-0.25, -0.2) is 4.79 Å². The van der Waals surface area contributed by atoms with Gasteiger partial charge in [0.2, 0.25) is 17.7 Å². The number of thioether (sulfide) groups is 1. The maximum absolute atomic E-state index is 12.5. The van der Waals surface area contributed by atoms with Crippen molar-refractivity contribution in [2.75, 3.05) is 24.4 Å². The van der Waals surface area contributed by atoms with Crippen LogP contribution in [0.5, 0.6) is 0 Å². The number of carboxylic acid groups (broad SMARTS) is 1. The maximum Gasteiger partial charge on any atom is 0.326 e. The highest BCUT2D eigenvalue weighted by molar-refractivity contribution is 7.98. The molecule has 0 aromatic heterocycles. The average Bonchev–Trinajstić information content (AvgIpc) is 2.78. The zero-order valence-electron chi connectivity index (χ0n) is 17.7. The van der Waals surface area contributed by atoms with Gasteiger partial charge in [-0.1, -0.05) is 30.3 Å². The minimum absolute atomic E-state index is 0.0825. The number of hydrogen-bond acceptors (Lipinski definition) is 8. The van der Waals surface area contributed by atoms with Gasteiger partial charge in [0.1, 0.15) is 18.1 Å². The van der Waals surface area contributed by atoms with E-state index >= 15 is 0 Å². The van der Waals surface area contributed by atoms with Crippen molar-refractivity contribution in [2.45, 2.75) is 37.0 Å². The van der Waals surface area contributed by atoms with E-state index in [9.17, 15) is 29.4 Å². The third kappa shape index (κ3) is 9.47. The van der Waals surface area contributed by atoms with Crippen molar-refractivity contribution in [3.8, 4) is 0 Å². The molecule has 0 bridgehead atoms. The number of carbonyl (C=O) groups is 4. The van der Waals surface area contributed by atoms with Crippen LogP contribution < -0.4 is 21.7 Å². The van der Waals surface area contributed by atoms with Gasteiger partial charge in [-0.05, 0) is 30.4 Å². The van der Waals surface area contributed by atoms with Gasteiger partial charge in [-0.3, -0.25) is 14.4 Å². The molecule has 0 radical (unpaired) electrons. The van der Waals surface area contributed by atoms with Crippen molar-refractivity contribution in [2.24, 2.45) is 5.73 Å². The van der Waals surface area contributed by atoms with Crippen LogP contribution in [0.15, 0.2) is 30.3 Å². The lowest BCUT2D eigenvalue weighted by Gasteiger charge is -2.23. The van der Waals surface area contributed by atoms with Crippen molar-refractivity contribution >= 4 is 48.1 Å². The molecule has 12 heteroatoms. The molecule has 0 aliphatic heterocycles. The van der Waals surface area contributed by atoms with Crippen LogP contribution in [-0.2, 0) is 25.6 Å². The highest BCUT2D eigenvalue weighted by Gasteiger charge is 2.29. The fourth-order valence-corrected chi connectivity index (χ4v) is 3.39. The summed E-state index contributed by atoms with van der Waals surface area (Å²) in [5.41, 5.74) is 6.78. The second-order valence-corrected chi connectivity index (χ2v) is 8.32. The van der Waals surface area contributed by atoms with E-state index in [1.165, 1.54) is 11.8 Å². The molecule has 0 heterocycles. The molecule has 0 spiro atoms. The van der Waals surface area contributed by atoms with Gasteiger partial charge < -0.3 is 31.9 Å². The zero-order valence-corrected chi connectivity index (χ0v) is 19.4. The normalized spacial score (nSPS) is 14.5. The second-order valence-electron chi connectivity index (χ2n) is 6.96. The molecule has 1 aromatic carbocycles. The van der Waals surface area contributed by atoms with Crippen LogP contribution >= 0.6 is 24.4 Å². The molecular formula is C20H30N4O6S2. The molecule has 178 valence electrons. The van der Waals surface area contributed by atoms with Crippen LogP contribution in [0.3, 0.4) is 0 Å². The summed E-state index contributed by atoms with van der Waals surface area (Å²) in [6, 6.07) is 4.56. The molecule has 1 aromatic rings. The molecule has 7 N–H and O–H groups in total. The molecule has 0 saturated heterocycles. The van der Waals surface area contributed by atoms with E-state index < -0.39 is 54.5 Å². The SMILES string of the molecule is CSCCC(NC(=O)C(CO)NC(=O)C(CS)NC(=O)C(N)Cc1ccccc1)C(=O)O. The summed E-state index contributed by atoms with van der Waals surface area (Å²) < 4.78 is 0. The Morgan fingerprint density at radius 3 is 2.09 bits per heavy atom. The van der Waals surface area contributed by atoms with Crippen LogP contribution in [0, 0.1) is 0 Å². The maximum atomic E-state index is 12.5. The molecule has 4 unspecified atom stereocenters. The number of hydrogen-bond donors (Lipinski definition) is 7. The van der Waals surface area contributed by atoms with Crippen molar-refractivity contribution < 1.29 is 29.4 Å². The Morgan fingerprint density at radius 1 is 1.00 bits per heavy atom. The number of aliphatic hydroxyl groups excluding tert-OH is 1. The predicted octanol–water partition coefficient (Wildman–Crippen LogP) is -1.23. The number of benzene rings is 1. The summed E-state index contributed by atoms with van der Waals surface area (Å²) in [6.45, 7) is -0.757. The Labute approximate surface area is 196 Å². The van der Waals surface area contributed by atoms with Gasteiger partial charge >= 0.3 is 5.97 Å². The summed E-state index contributed by atoms with van der Waals surface area (Å²) in [6.07, 6.45) is 2.25. The Bertz CT molecular complexity index is 768. The van der Waals surface area contributed by atoms with Gasteiger partial charge in [0.25, 0.3) is 0 Å². The molecule has 0 fully saturated rings. The average molecular weight is 487 g/mol. The molecule has 0 aliphatic rings. The quantitative estimate of drug-likeness (QED) is 0.160. The summed E-state index contributed by atoms with van der Waals surface area (Å²) in [5.74, 6) is -2.98. The predicted molar refractivity (Wildman–Crippen MR) is 125 cm³/mol. The molecule has 0 saturated carbocycles.